The molecular weight excluding hydrogens is 332 g/mol. The molecule has 132 valence electrons. The van der Waals surface area contributed by atoms with Gasteiger partial charge in [-0.2, -0.15) is 0 Å². The van der Waals surface area contributed by atoms with Crippen LogP contribution in [0.4, 0.5) is 11.4 Å². The predicted octanol–water partition coefficient (Wildman–Crippen LogP) is 5.43. The van der Waals surface area contributed by atoms with Gasteiger partial charge in [0.25, 0.3) is 0 Å². The lowest BCUT2D eigenvalue weighted by Gasteiger charge is -2.03. The van der Waals surface area contributed by atoms with E-state index in [0.29, 0.717) is 0 Å². The highest BCUT2D eigenvalue weighted by molar-refractivity contribution is 5.80. The second-order valence-corrected chi connectivity index (χ2v) is 6.28. The summed E-state index contributed by atoms with van der Waals surface area (Å²) < 4.78 is 0. The Bertz CT molecular complexity index is 921. The second-order valence-electron chi connectivity index (χ2n) is 6.28. The molecule has 0 saturated heterocycles. The van der Waals surface area contributed by atoms with Crippen LogP contribution in [-0.2, 0) is 6.42 Å². The second kappa shape index (κ2) is 8.15. The first-order valence-electron chi connectivity index (χ1n) is 8.88. The minimum Gasteiger partial charge on any atom is -0.360 e. The van der Waals surface area contributed by atoms with Gasteiger partial charge in [-0.3, -0.25) is 9.98 Å². The summed E-state index contributed by atoms with van der Waals surface area (Å²) in [5.74, 6) is 0. The zero-order valence-electron chi connectivity index (χ0n) is 14.8. The Morgan fingerprint density at radius 1 is 0.593 bits per heavy atom. The van der Waals surface area contributed by atoms with E-state index in [9.17, 15) is 0 Å². The summed E-state index contributed by atoms with van der Waals surface area (Å²) in [6.45, 7) is 0. The molecule has 4 aromatic rings. The van der Waals surface area contributed by atoms with Crippen LogP contribution in [0.1, 0.15) is 22.5 Å². The third-order valence-electron chi connectivity index (χ3n) is 4.23. The molecule has 0 aliphatic carbocycles. The van der Waals surface area contributed by atoms with Gasteiger partial charge in [0.1, 0.15) is 0 Å². The van der Waals surface area contributed by atoms with Crippen molar-refractivity contribution in [2.75, 3.05) is 0 Å². The van der Waals surface area contributed by atoms with E-state index in [4.69, 9.17) is 0 Å². The lowest BCUT2D eigenvalue weighted by atomic mass is 10.0. The van der Waals surface area contributed by atoms with Crippen LogP contribution in [0.15, 0.2) is 95.2 Å². The summed E-state index contributed by atoms with van der Waals surface area (Å²) in [7, 11) is 0. The molecule has 0 aliphatic rings. The Balaban J connectivity index is 1.37. The quantitative estimate of drug-likeness (QED) is 0.435. The summed E-state index contributed by atoms with van der Waals surface area (Å²) in [6.07, 6.45) is 8.34. The Labute approximate surface area is 158 Å². The first-order chi connectivity index (χ1) is 13.3. The van der Waals surface area contributed by atoms with E-state index in [1.807, 2.05) is 73.4 Å². The monoisotopic (exact) mass is 352 g/mol. The molecule has 2 aromatic carbocycles. The van der Waals surface area contributed by atoms with Crippen LogP contribution in [0.2, 0.25) is 0 Å². The largest absolute Gasteiger partial charge is 0.360 e. The fraction of sp³-hybridized carbons (Fsp3) is 0.0435. The van der Waals surface area contributed by atoms with Crippen LogP contribution in [0, 0.1) is 0 Å². The number of aromatic nitrogens is 2. The van der Waals surface area contributed by atoms with Crippen molar-refractivity contribution in [3.05, 3.63) is 108 Å². The van der Waals surface area contributed by atoms with E-state index in [1.54, 1.807) is 0 Å². The number of nitrogens with zero attached hydrogens (tertiary/aromatic N) is 2. The van der Waals surface area contributed by atoms with Crippen molar-refractivity contribution in [2.24, 2.45) is 9.98 Å². The number of hydrogen-bond acceptors (Lipinski definition) is 2. The molecule has 4 heteroatoms. The molecule has 0 atom stereocenters. The molecule has 0 spiro atoms. The van der Waals surface area contributed by atoms with Gasteiger partial charge >= 0.3 is 0 Å². The van der Waals surface area contributed by atoms with E-state index in [1.165, 1.54) is 11.1 Å². The summed E-state index contributed by atoms with van der Waals surface area (Å²) in [6, 6.07) is 24.6. The van der Waals surface area contributed by atoms with E-state index < -0.39 is 0 Å². The van der Waals surface area contributed by atoms with Crippen LogP contribution < -0.4 is 0 Å². The maximum atomic E-state index is 4.48. The first kappa shape index (κ1) is 16.8. The zero-order chi connectivity index (χ0) is 18.3. The third kappa shape index (κ3) is 4.70. The van der Waals surface area contributed by atoms with Gasteiger partial charge < -0.3 is 9.97 Å². The van der Waals surface area contributed by atoms with Crippen molar-refractivity contribution < 1.29 is 0 Å². The van der Waals surface area contributed by atoms with Gasteiger partial charge in [0.15, 0.2) is 0 Å². The van der Waals surface area contributed by atoms with Crippen molar-refractivity contribution >= 4 is 23.8 Å². The van der Waals surface area contributed by atoms with Crippen LogP contribution in [-0.4, -0.2) is 22.4 Å². The van der Waals surface area contributed by atoms with Crippen LogP contribution >= 0.6 is 0 Å². The van der Waals surface area contributed by atoms with Gasteiger partial charge in [0.05, 0.1) is 35.2 Å². The number of aromatic amines is 2. The Hall–Kier alpha value is -3.66. The maximum Gasteiger partial charge on any atom is 0.0630 e. The molecule has 2 N–H and O–H groups in total. The molecule has 4 rings (SSSR count). The SMILES string of the molecule is C(=Nc1ccc(Cc2ccc(N=Cc3ccc[nH]3)cc2)cc1)c1ccc[nH]1. The van der Waals surface area contributed by atoms with Crippen molar-refractivity contribution in [1.82, 2.24) is 9.97 Å². The predicted molar refractivity (Wildman–Crippen MR) is 112 cm³/mol. The average molecular weight is 352 g/mol. The molecule has 0 aliphatic heterocycles. The highest BCUT2D eigenvalue weighted by Gasteiger charge is 1.98. The highest BCUT2D eigenvalue weighted by atomic mass is 14.8. The Morgan fingerprint density at radius 2 is 1.04 bits per heavy atom. The average Bonchev–Trinajstić information content (AvgIpc) is 3.41. The number of aliphatic imine (C=N–C) groups is 2. The van der Waals surface area contributed by atoms with E-state index in [2.05, 4.69) is 44.2 Å². The van der Waals surface area contributed by atoms with Gasteiger partial charge in [-0.05, 0) is 66.1 Å². The zero-order valence-corrected chi connectivity index (χ0v) is 14.8. The number of nitrogens with one attached hydrogen (secondary N) is 2. The Morgan fingerprint density at radius 3 is 1.41 bits per heavy atom. The highest BCUT2D eigenvalue weighted by Crippen LogP contribution is 2.18. The molecule has 27 heavy (non-hydrogen) atoms. The minimum absolute atomic E-state index is 0.890. The molecule has 0 amide bonds. The topological polar surface area (TPSA) is 56.3 Å². The fourth-order valence-corrected chi connectivity index (χ4v) is 2.77. The normalized spacial score (nSPS) is 11.6. The molecule has 0 saturated carbocycles. The molecule has 4 nitrogen and oxygen atoms in total. The molecule has 0 fully saturated rings. The number of benzene rings is 2. The number of H-pyrrole nitrogens is 2. The van der Waals surface area contributed by atoms with Crippen molar-refractivity contribution in [3.8, 4) is 0 Å². The number of hydrogen-bond donors (Lipinski definition) is 2. The van der Waals surface area contributed by atoms with E-state index >= 15 is 0 Å². The van der Waals surface area contributed by atoms with Gasteiger partial charge in [-0.15, -0.1) is 0 Å². The smallest absolute Gasteiger partial charge is 0.0630 e. The third-order valence-corrected chi connectivity index (χ3v) is 4.23. The molecule has 0 unspecified atom stereocenters. The lowest BCUT2D eigenvalue weighted by molar-refractivity contribution is 1.19. The van der Waals surface area contributed by atoms with Gasteiger partial charge in [-0.25, -0.2) is 0 Å². The molecular formula is C23H20N4. The summed E-state index contributed by atoms with van der Waals surface area (Å²) in [5, 5.41) is 0. The fourth-order valence-electron chi connectivity index (χ4n) is 2.77. The van der Waals surface area contributed by atoms with Gasteiger partial charge in [0, 0.05) is 12.4 Å². The van der Waals surface area contributed by atoms with Crippen molar-refractivity contribution in [1.29, 1.82) is 0 Å². The molecule has 0 bridgehead atoms. The first-order valence-corrected chi connectivity index (χ1v) is 8.88. The van der Waals surface area contributed by atoms with E-state index in [-0.39, 0.29) is 0 Å². The van der Waals surface area contributed by atoms with Crippen molar-refractivity contribution in [2.45, 2.75) is 6.42 Å². The summed E-state index contributed by atoms with van der Waals surface area (Å²) in [4.78, 5) is 15.2. The maximum absolute atomic E-state index is 4.48. The van der Waals surface area contributed by atoms with Crippen LogP contribution in [0.25, 0.3) is 0 Å². The molecule has 0 radical (unpaired) electrons. The Kier molecular flexibility index (Phi) is 5.07. The summed E-state index contributed by atoms with van der Waals surface area (Å²) in [5.41, 5.74) is 6.41. The lowest BCUT2D eigenvalue weighted by Crippen LogP contribution is -1.87. The minimum atomic E-state index is 0.890. The molecule has 2 aromatic heterocycles. The van der Waals surface area contributed by atoms with Gasteiger partial charge in [-0.1, -0.05) is 24.3 Å². The standard InChI is InChI=1S/C23H20N4/c1-3-22(24-13-1)16-26-20-9-5-18(6-10-20)15-19-7-11-21(12-8-19)27-17-23-4-2-14-25-23/h1-14,16-17,24-25H,15H2. The summed E-state index contributed by atoms with van der Waals surface area (Å²) >= 11 is 0. The van der Waals surface area contributed by atoms with E-state index in [0.717, 1.165) is 29.2 Å². The molecule has 2 heterocycles. The van der Waals surface area contributed by atoms with Crippen molar-refractivity contribution in [3.63, 3.8) is 0 Å². The number of rotatable bonds is 6. The van der Waals surface area contributed by atoms with Crippen LogP contribution in [0.3, 0.4) is 0 Å². The van der Waals surface area contributed by atoms with Crippen LogP contribution in [0.5, 0.6) is 0 Å². The van der Waals surface area contributed by atoms with Gasteiger partial charge in [0.2, 0.25) is 0 Å².